The van der Waals surface area contributed by atoms with Crippen LogP contribution < -0.4 is 10.6 Å². The molecule has 0 radical (unpaired) electrons. The number of carbonyl (C=O) groups is 1. The molecular weight excluding hydrogens is 291 g/mol. The van der Waals surface area contributed by atoms with E-state index < -0.39 is 17.6 Å². The Morgan fingerprint density at radius 1 is 1.47 bits per heavy atom. The zero-order valence-corrected chi connectivity index (χ0v) is 11.7. The van der Waals surface area contributed by atoms with E-state index in [-0.39, 0.29) is 23.9 Å². The Morgan fingerprint density at radius 3 is 2.63 bits per heavy atom. The minimum Gasteiger partial charge on any atom is -0.508 e. The van der Waals surface area contributed by atoms with Crippen molar-refractivity contribution in [1.82, 2.24) is 10.6 Å². The molecule has 1 aliphatic heterocycles. The molecule has 7 heteroatoms. The van der Waals surface area contributed by atoms with Crippen LogP contribution in [0.5, 0.6) is 5.75 Å². The Balaban J connectivity index is 2.18. The fourth-order valence-electron chi connectivity index (χ4n) is 1.89. The number of carbonyl (C=O) groups excluding carboxylic acids is 1. The predicted molar refractivity (Wildman–Crippen MR) is 72.5 cm³/mol. The molecule has 0 spiro atoms. The zero-order chi connectivity index (χ0) is 14.2. The predicted octanol–water partition coefficient (Wildman–Crippen LogP) is 1.21. The summed E-state index contributed by atoms with van der Waals surface area (Å²) in [7, 11) is 0. The molecule has 1 aliphatic rings. The molecule has 2 rings (SSSR count). The lowest BCUT2D eigenvalue weighted by Crippen LogP contribution is -2.67. The first kappa shape index (κ1) is 14.4. The van der Waals surface area contributed by atoms with Gasteiger partial charge in [-0.1, -0.05) is 23.2 Å². The van der Waals surface area contributed by atoms with Gasteiger partial charge >= 0.3 is 0 Å². The highest BCUT2D eigenvalue weighted by atomic mass is 35.5. The van der Waals surface area contributed by atoms with Crippen molar-refractivity contribution in [2.75, 3.05) is 13.1 Å². The molecule has 1 unspecified atom stereocenters. The second-order valence-corrected chi connectivity index (χ2v) is 5.41. The number of phenolic OH excluding ortho intramolecular Hbond substituents is 1. The van der Waals surface area contributed by atoms with E-state index in [2.05, 4.69) is 10.6 Å². The quantitative estimate of drug-likeness (QED) is 0.676. The van der Waals surface area contributed by atoms with Gasteiger partial charge in [0.2, 0.25) is 0 Å². The van der Waals surface area contributed by atoms with Gasteiger partial charge in [0.15, 0.2) is 5.60 Å². The number of nitrogens with one attached hydrogen (secondary N) is 2. The van der Waals surface area contributed by atoms with Gasteiger partial charge in [-0.25, -0.2) is 0 Å². The fraction of sp³-hybridized carbons (Fsp3) is 0.417. The van der Waals surface area contributed by atoms with E-state index in [4.69, 9.17) is 23.2 Å². The third-order valence-electron chi connectivity index (χ3n) is 3.15. The summed E-state index contributed by atoms with van der Waals surface area (Å²) in [4.78, 5) is 11.9. The fourth-order valence-corrected chi connectivity index (χ4v) is 2.38. The average Bonchev–Trinajstić information content (AvgIpc) is 2.31. The summed E-state index contributed by atoms with van der Waals surface area (Å²) in [6.07, 6.45) is 0. The van der Waals surface area contributed by atoms with E-state index in [0.717, 1.165) is 0 Å². The number of aromatic hydroxyl groups is 1. The van der Waals surface area contributed by atoms with Gasteiger partial charge in [-0.15, -0.1) is 0 Å². The van der Waals surface area contributed by atoms with Crippen LogP contribution in [0.15, 0.2) is 12.1 Å². The van der Waals surface area contributed by atoms with Crippen LogP contribution in [-0.2, 0) is 4.79 Å². The van der Waals surface area contributed by atoms with Gasteiger partial charge in [-0.2, -0.15) is 0 Å². The van der Waals surface area contributed by atoms with Crippen molar-refractivity contribution in [1.29, 1.82) is 0 Å². The van der Waals surface area contributed by atoms with Crippen LogP contribution in [0.2, 0.25) is 10.0 Å². The number of phenols is 1. The third-order valence-corrected chi connectivity index (χ3v) is 3.97. The minimum atomic E-state index is -1.39. The van der Waals surface area contributed by atoms with E-state index in [1.54, 1.807) is 6.92 Å². The number of rotatable bonds is 3. The highest BCUT2D eigenvalue weighted by Gasteiger charge is 2.42. The van der Waals surface area contributed by atoms with Gasteiger partial charge in [0.1, 0.15) is 5.75 Å². The van der Waals surface area contributed by atoms with Crippen molar-refractivity contribution in [2.24, 2.45) is 0 Å². The molecule has 1 saturated heterocycles. The van der Waals surface area contributed by atoms with Crippen molar-refractivity contribution in [2.45, 2.75) is 18.6 Å². The maximum atomic E-state index is 11.9. The van der Waals surface area contributed by atoms with Crippen LogP contribution in [-0.4, -0.2) is 34.8 Å². The summed E-state index contributed by atoms with van der Waals surface area (Å²) in [6, 6.07) is 2.32. The molecule has 1 aromatic rings. The molecular formula is C12H14Cl2N2O3. The monoisotopic (exact) mass is 304 g/mol. The van der Waals surface area contributed by atoms with E-state index >= 15 is 0 Å². The van der Waals surface area contributed by atoms with Gasteiger partial charge in [0.25, 0.3) is 5.91 Å². The number of halogens is 2. The summed E-state index contributed by atoms with van der Waals surface area (Å²) in [5.41, 5.74) is -1.06. The molecule has 19 heavy (non-hydrogen) atoms. The molecule has 0 bridgehead atoms. The molecule has 4 N–H and O–H groups in total. The molecule has 5 nitrogen and oxygen atoms in total. The average molecular weight is 305 g/mol. The molecule has 1 atom stereocenters. The first-order valence-electron chi connectivity index (χ1n) is 5.76. The molecule has 1 amide bonds. The number of aliphatic hydroxyl groups is 1. The Bertz CT molecular complexity index is 518. The van der Waals surface area contributed by atoms with Crippen molar-refractivity contribution in [3.63, 3.8) is 0 Å². The van der Waals surface area contributed by atoms with Crippen molar-refractivity contribution in [3.05, 3.63) is 27.7 Å². The SMILES string of the molecule is CC(NC(=O)C1(O)CNC1)c1c(O)ccc(Cl)c1Cl. The molecule has 1 fully saturated rings. The van der Waals surface area contributed by atoms with Gasteiger partial charge in [0.05, 0.1) is 16.1 Å². The van der Waals surface area contributed by atoms with E-state index in [0.29, 0.717) is 10.6 Å². The van der Waals surface area contributed by atoms with Crippen molar-refractivity contribution in [3.8, 4) is 5.75 Å². The van der Waals surface area contributed by atoms with Crippen LogP contribution >= 0.6 is 23.2 Å². The standard InChI is InChI=1S/C12H14Cl2N2O3/c1-6(16-11(18)12(19)4-15-5-12)9-8(17)3-2-7(13)10(9)14/h2-3,6,15,17,19H,4-5H2,1H3,(H,16,18). The van der Waals surface area contributed by atoms with Gasteiger partial charge in [0, 0.05) is 18.7 Å². The van der Waals surface area contributed by atoms with Crippen LogP contribution in [0, 0.1) is 0 Å². The number of hydrogen-bond acceptors (Lipinski definition) is 4. The highest BCUT2D eigenvalue weighted by molar-refractivity contribution is 6.42. The highest BCUT2D eigenvalue weighted by Crippen LogP contribution is 2.36. The largest absolute Gasteiger partial charge is 0.508 e. The molecule has 0 aliphatic carbocycles. The van der Waals surface area contributed by atoms with E-state index in [1.165, 1.54) is 12.1 Å². The summed E-state index contributed by atoms with van der Waals surface area (Å²) in [5, 5.41) is 25.6. The number of β-amino-alcohol motifs (C(OH)–C–C–N with tert-alkyl or cyclic N) is 1. The first-order valence-corrected chi connectivity index (χ1v) is 6.51. The van der Waals surface area contributed by atoms with E-state index in [1.807, 2.05) is 0 Å². The van der Waals surface area contributed by atoms with E-state index in [9.17, 15) is 15.0 Å². The van der Waals surface area contributed by atoms with Gasteiger partial charge < -0.3 is 20.8 Å². The first-order chi connectivity index (χ1) is 8.85. The normalized spacial score (nSPS) is 18.5. The second-order valence-electron chi connectivity index (χ2n) is 4.62. The maximum Gasteiger partial charge on any atom is 0.255 e. The van der Waals surface area contributed by atoms with Crippen LogP contribution in [0.1, 0.15) is 18.5 Å². The smallest absolute Gasteiger partial charge is 0.255 e. The van der Waals surface area contributed by atoms with Crippen LogP contribution in [0.4, 0.5) is 0 Å². The Hall–Kier alpha value is -1.01. The molecule has 1 aromatic carbocycles. The Kier molecular flexibility index (Phi) is 3.92. The Morgan fingerprint density at radius 2 is 2.11 bits per heavy atom. The summed E-state index contributed by atoms with van der Waals surface area (Å²) in [5.74, 6) is -0.560. The molecule has 0 aromatic heterocycles. The van der Waals surface area contributed by atoms with Gasteiger partial charge in [-0.05, 0) is 19.1 Å². The lowest BCUT2D eigenvalue weighted by atomic mass is 9.95. The second kappa shape index (κ2) is 5.17. The number of benzene rings is 1. The molecule has 104 valence electrons. The molecule has 0 saturated carbocycles. The number of amides is 1. The van der Waals surface area contributed by atoms with Crippen molar-refractivity contribution >= 4 is 29.1 Å². The van der Waals surface area contributed by atoms with Crippen LogP contribution in [0.25, 0.3) is 0 Å². The van der Waals surface area contributed by atoms with Gasteiger partial charge in [-0.3, -0.25) is 4.79 Å². The lowest BCUT2D eigenvalue weighted by Gasteiger charge is -2.36. The number of hydrogen-bond donors (Lipinski definition) is 4. The summed E-state index contributed by atoms with van der Waals surface area (Å²) < 4.78 is 0. The summed E-state index contributed by atoms with van der Waals surface area (Å²) >= 11 is 11.9. The Labute approximate surface area is 120 Å². The maximum absolute atomic E-state index is 11.9. The third kappa shape index (κ3) is 2.65. The molecule has 1 heterocycles. The topological polar surface area (TPSA) is 81.6 Å². The summed E-state index contributed by atoms with van der Waals surface area (Å²) in [6.45, 7) is 2.08. The minimum absolute atomic E-state index is 0.0547. The lowest BCUT2D eigenvalue weighted by molar-refractivity contribution is -0.145. The van der Waals surface area contributed by atoms with Crippen LogP contribution in [0.3, 0.4) is 0 Å². The zero-order valence-electron chi connectivity index (χ0n) is 10.2. The van der Waals surface area contributed by atoms with Crippen molar-refractivity contribution < 1.29 is 15.0 Å².